The Morgan fingerprint density at radius 1 is 1.30 bits per heavy atom. The minimum atomic E-state index is -0.248. The first-order chi connectivity index (χ1) is 17.9. The SMILES string of the molecule is CC(C)/C=C(\C#N)C(=O)N1CCC[C@H]1Cn1c(NC(=O)c2ccc(-c3cn[nH]c3)s2)nc2ccccc21. The van der Waals surface area contributed by atoms with Gasteiger partial charge in [-0.2, -0.15) is 10.4 Å². The number of fused-ring (bicyclic) bond motifs is 1. The van der Waals surface area contributed by atoms with Crippen LogP contribution in [-0.4, -0.2) is 49.0 Å². The molecule has 3 aromatic heterocycles. The standard InChI is InChI=1S/C27H27N7O2S/c1-17(2)12-18(13-28)26(36)33-11-5-6-20(33)16-34-22-8-4-3-7-21(22)31-27(34)32-25(35)24-10-9-23(37-24)19-14-29-30-15-19/h3-4,7-10,12,14-15,17,20H,5-6,11,16H2,1-2H3,(H,29,30)(H,31,32,35)/b18-12+/t20-/m0/s1. The number of aromatic amines is 1. The number of anilines is 1. The number of nitrogens with zero attached hydrogens (tertiary/aromatic N) is 5. The van der Waals surface area contributed by atoms with Crippen LogP contribution in [0.5, 0.6) is 0 Å². The molecular formula is C27H27N7O2S. The predicted octanol–water partition coefficient (Wildman–Crippen LogP) is 4.84. The van der Waals surface area contributed by atoms with E-state index in [-0.39, 0.29) is 29.3 Å². The fraction of sp³-hybridized carbons (Fsp3) is 0.296. The van der Waals surface area contributed by atoms with Gasteiger partial charge in [0.25, 0.3) is 11.8 Å². The van der Waals surface area contributed by atoms with Crippen molar-refractivity contribution in [1.82, 2.24) is 24.6 Å². The average molecular weight is 514 g/mol. The first-order valence-electron chi connectivity index (χ1n) is 12.2. The number of amides is 2. The second kappa shape index (κ2) is 10.4. The van der Waals surface area contributed by atoms with Crippen molar-refractivity contribution in [3.8, 4) is 16.5 Å². The summed E-state index contributed by atoms with van der Waals surface area (Å²) in [6, 6.07) is 13.3. The number of carbonyl (C=O) groups is 2. The lowest BCUT2D eigenvalue weighted by Crippen LogP contribution is -2.39. The lowest BCUT2D eigenvalue weighted by Gasteiger charge is -2.26. The van der Waals surface area contributed by atoms with Crippen molar-refractivity contribution >= 4 is 40.1 Å². The molecule has 1 fully saturated rings. The molecule has 1 saturated heterocycles. The van der Waals surface area contributed by atoms with E-state index < -0.39 is 0 Å². The number of rotatable bonds is 7. The van der Waals surface area contributed by atoms with Gasteiger partial charge in [0.1, 0.15) is 11.6 Å². The molecule has 1 aliphatic heterocycles. The Bertz CT molecular complexity index is 1510. The van der Waals surface area contributed by atoms with E-state index in [1.165, 1.54) is 11.3 Å². The van der Waals surface area contributed by atoms with Crippen LogP contribution in [0.3, 0.4) is 0 Å². The number of carbonyl (C=O) groups excluding carboxylic acids is 2. The van der Waals surface area contributed by atoms with Gasteiger partial charge in [-0.1, -0.05) is 32.1 Å². The topological polar surface area (TPSA) is 120 Å². The fourth-order valence-corrected chi connectivity index (χ4v) is 5.55. The van der Waals surface area contributed by atoms with E-state index >= 15 is 0 Å². The van der Waals surface area contributed by atoms with Crippen LogP contribution in [0.1, 0.15) is 36.4 Å². The second-order valence-corrected chi connectivity index (χ2v) is 10.5. The fourth-order valence-electron chi connectivity index (χ4n) is 4.67. The molecule has 1 atom stereocenters. The Balaban J connectivity index is 1.41. The third-order valence-electron chi connectivity index (χ3n) is 6.37. The van der Waals surface area contributed by atoms with Crippen LogP contribution in [0.4, 0.5) is 5.95 Å². The molecule has 1 aliphatic rings. The molecule has 5 rings (SSSR count). The number of thiophene rings is 1. The summed E-state index contributed by atoms with van der Waals surface area (Å²) in [5.74, 6) is 0.0497. The molecule has 0 spiro atoms. The maximum Gasteiger partial charge on any atom is 0.268 e. The van der Waals surface area contributed by atoms with E-state index in [1.54, 1.807) is 29.4 Å². The van der Waals surface area contributed by atoms with E-state index in [9.17, 15) is 14.9 Å². The Hall–Kier alpha value is -4.23. The maximum absolute atomic E-state index is 13.2. The lowest BCUT2D eigenvalue weighted by atomic mass is 10.1. The van der Waals surface area contributed by atoms with Crippen molar-refractivity contribution in [3.05, 3.63) is 65.3 Å². The van der Waals surface area contributed by atoms with Crippen LogP contribution in [0.25, 0.3) is 21.5 Å². The van der Waals surface area contributed by atoms with Crippen molar-refractivity contribution in [1.29, 1.82) is 5.26 Å². The zero-order valence-corrected chi connectivity index (χ0v) is 21.5. The molecule has 0 aliphatic carbocycles. The number of nitriles is 1. The van der Waals surface area contributed by atoms with Gasteiger partial charge in [0.15, 0.2) is 0 Å². The van der Waals surface area contributed by atoms with Crippen molar-refractivity contribution in [3.63, 3.8) is 0 Å². The summed E-state index contributed by atoms with van der Waals surface area (Å²) in [4.78, 5) is 34.4. The zero-order valence-electron chi connectivity index (χ0n) is 20.6. The van der Waals surface area contributed by atoms with Crippen molar-refractivity contribution in [2.45, 2.75) is 39.3 Å². The number of likely N-dealkylation sites (tertiary alicyclic amines) is 1. The highest BCUT2D eigenvalue weighted by molar-refractivity contribution is 7.17. The van der Waals surface area contributed by atoms with Crippen molar-refractivity contribution in [2.24, 2.45) is 5.92 Å². The van der Waals surface area contributed by atoms with Gasteiger partial charge in [-0.05, 0) is 43.0 Å². The number of nitrogens with one attached hydrogen (secondary N) is 2. The molecule has 0 bridgehead atoms. The van der Waals surface area contributed by atoms with E-state index in [0.29, 0.717) is 23.9 Å². The summed E-state index contributed by atoms with van der Waals surface area (Å²) >= 11 is 1.38. The van der Waals surface area contributed by atoms with Gasteiger partial charge in [0.2, 0.25) is 5.95 Å². The molecule has 9 nitrogen and oxygen atoms in total. The smallest absolute Gasteiger partial charge is 0.268 e. The molecule has 10 heteroatoms. The van der Waals surface area contributed by atoms with Crippen molar-refractivity contribution < 1.29 is 9.59 Å². The Morgan fingerprint density at radius 2 is 2.14 bits per heavy atom. The average Bonchev–Trinajstić information content (AvgIpc) is 3.69. The Labute approximate surface area is 218 Å². The van der Waals surface area contributed by atoms with Crippen LogP contribution in [-0.2, 0) is 11.3 Å². The highest BCUT2D eigenvalue weighted by atomic mass is 32.1. The van der Waals surface area contributed by atoms with E-state index in [1.807, 2.05) is 48.7 Å². The molecule has 37 heavy (non-hydrogen) atoms. The van der Waals surface area contributed by atoms with E-state index in [4.69, 9.17) is 4.98 Å². The molecule has 0 saturated carbocycles. The highest BCUT2D eigenvalue weighted by Crippen LogP contribution is 2.29. The van der Waals surface area contributed by atoms with Gasteiger partial charge < -0.3 is 9.47 Å². The number of imidazole rings is 1. The summed E-state index contributed by atoms with van der Waals surface area (Å²) in [5, 5.41) is 19.3. The first kappa shape index (κ1) is 24.5. The third-order valence-corrected chi connectivity index (χ3v) is 7.51. The summed E-state index contributed by atoms with van der Waals surface area (Å²) < 4.78 is 1.96. The molecule has 188 valence electrons. The number of hydrogen-bond donors (Lipinski definition) is 2. The quantitative estimate of drug-likeness (QED) is 0.271. The number of allylic oxidation sites excluding steroid dienone is 1. The largest absolute Gasteiger partial charge is 0.333 e. The number of para-hydroxylation sites is 2. The van der Waals surface area contributed by atoms with Gasteiger partial charge in [-0.3, -0.25) is 20.0 Å². The Kier molecular flexibility index (Phi) is 6.88. The second-order valence-electron chi connectivity index (χ2n) is 9.37. The van der Waals surface area contributed by atoms with E-state index in [0.717, 1.165) is 34.3 Å². The van der Waals surface area contributed by atoms with Crippen LogP contribution in [0, 0.1) is 17.2 Å². The lowest BCUT2D eigenvalue weighted by molar-refractivity contribution is -0.127. The van der Waals surface area contributed by atoms with Gasteiger partial charge in [0, 0.05) is 29.7 Å². The molecule has 4 heterocycles. The monoisotopic (exact) mass is 513 g/mol. The molecule has 0 unspecified atom stereocenters. The van der Waals surface area contributed by atoms with Crippen LogP contribution < -0.4 is 5.32 Å². The maximum atomic E-state index is 13.2. The third kappa shape index (κ3) is 5.04. The van der Waals surface area contributed by atoms with Crippen LogP contribution in [0.2, 0.25) is 0 Å². The molecule has 2 N–H and O–H groups in total. The minimum Gasteiger partial charge on any atom is -0.333 e. The Morgan fingerprint density at radius 3 is 2.89 bits per heavy atom. The predicted molar refractivity (Wildman–Crippen MR) is 143 cm³/mol. The van der Waals surface area contributed by atoms with Gasteiger partial charge in [0.05, 0.1) is 28.1 Å². The van der Waals surface area contributed by atoms with E-state index in [2.05, 4.69) is 21.6 Å². The van der Waals surface area contributed by atoms with Crippen LogP contribution in [0.15, 0.2) is 60.4 Å². The molecular weight excluding hydrogens is 486 g/mol. The van der Waals surface area contributed by atoms with Crippen LogP contribution >= 0.6 is 11.3 Å². The summed E-state index contributed by atoms with van der Waals surface area (Å²) in [6.07, 6.45) is 6.89. The molecule has 2 amide bonds. The van der Waals surface area contributed by atoms with Crippen molar-refractivity contribution in [2.75, 3.05) is 11.9 Å². The first-order valence-corrected chi connectivity index (χ1v) is 13.0. The number of benzene rings is 1. The summed E-state index contributed by atoms with van der Waals surface area (Å²) in [5.41, 5.74) is 2.74. The zero-order chi connectivity index (χ0) is 25.9. The van der Waals surface area contributed by atoms with Gasteiger partial charge in [-0.15, -0.1) is 11.3 Å². The number of aromatic nitrogens is 4. The van der Waals surface area contributed by atoms with Gasteiger partial charge >= 0.3 is 0 Å². The number of hydrogen-bond acceptors (Lipinski definition) is 6. The molecule has 4 aromatic rings. The normalized spacial score (nSPS) is 15.9. The number of H-pyrrole nitrogens is 1. The molecule has 0 radical (unpaired) electrons. The highest BCUT2D eigenvalue weighted by Gasteiger charge is 2.32. The summed E-state index contributed by atoms with van der Waals surface area (Å²) in [7, 11) is 0. The molecule has 1 aromatic carbocycles. The summed E-state index contributed by atoms with van der Waals surface area (Å²) in [6.45, 7) is 4.96. The minimum absolute atomic E-state index is 0.102. The van der Waals surface area contributed by atoms with Gasteiger partial charge in [-0.25, -0.2) is 4.98 Å².